The van der Waals surface area contributed by atoms with Gasteiger partial charge in [0.1, 0.15) is 10.3 Å². The lowest BCUT2D eigenvalue weighted by Gasteiger charge is -2.33. The molecular weight excluding hydrogens is 403 g/mol. The smallest absolute Gasteiger partial charge is 0.253 e. The lowest BCUT2D eigenvalue weighted by atomic mass is 10.0. The van der Waals surface area contributed by atoms with Crippen LogP contribution in [-0.4, -0.2) is 31.2 Å². The second-order valence-electron chi connectivity index (χ2n) is 5.68. The van der Waals surface area contributed by atoms with Crippen molar-refractivity contribution in [2.45, 2.75) is 29.5 Å². The Morgan fingerprint density at radius 3 is 2.68 bits per heavy atom. The zero-order valence-electron chi connectivity index (χ0n) is 13.1. The number of piperidine rings is 1. The maximum atomic E-state index is 12.8. The van der Waals surface area contributed by atoms with E-state index in [4.69, 9.17) is 23.2 Å². The SMILES string of the molecule is O=C(Nc1ccc(Cl)c(Cl)c1)C1CCCCN1S(=O)(=O)c1cccs1. The van der Waals surface area contributed by atoms with Crippen molar-refractivity contribution in [1.82, 2.24) is 4.31 Å². The molecule has 2 aromatic rings. The zero-order chi connectivity index (χ0) is 18.0. The van der Waals surface area contributed by atoms with Crippen LogP contribution in [0.25, 0.3) is 0 Å². The summed E-state index contributed by atoms with van der Waals surface area (Å²) in [5.74, 6) is -0.363. The van der Waals surface area contributed by atoms with Crippen LogP contribution in [-0.2, 0) is 14.8 Å². The molecule has 0 spiro atoms. The van der Waals surface area contributed by atoms with Gasteiger partial charge in [-0.05, 0) is 42.5 Å². The van der Waals surface area contributed by atoms with Crippen molar-refractivity contribution in [2.75, 3.05) is 11.9 Å². The van der Waals surface area contributed by atoms with Gasteiger partial charge in [0.25, 0.3) is 10.0 Å². The highest BCUT2D eigenvalue weighted by atomic mass is 35.5. The molecular formula is C16H16Cl2N2O3S2. The van der Waals surface area contributed by atoms with Gasteiger partial charge in [-0.2, -0.15) is 4.31 Å². The average molecular weight is 419 g/mol. The number of hydrogen-bond acceptors (Lipinski definition) is 4. The number of nitrogens with one attached hydrogen (secondary N) is 1. The largest absolute Gasteiger partial charge is 0.325 e. The summed E-state index contributed by atoms with van der Waals surface area (Å²) in [6.07, 6.45) is 2.02. The van der Waals surface area contributed by atoms with E-state index in [1.54, 1.807) is 35.7 Å². The number of hydrogen-bond donors (Lipinski definition) is 1. The number of amides is 1. The predicted octanol–water partition coefficient (Wildman–Crippen LogP) is 4.24. The van der Waals surface area contributed by atoms with Crippen molar-refractivity contribution in [1.29, 1.82) is 0 Å². The first-order chi connectivity index (χ1) is 11.9. The van der Waals surface area contributed by atoms with Crippen molar-refractivity contribution in [3.05, 3.63) is 45.8 Å². The first-order valence-corrected chi connectivity index (χ1v) is 10.8. The molecule has 1 aliphatic heterocycles. The van der Waals surface area contributed by atoms with Crippen molar-refractivity contribution in [2.24, 2.45) is 0 Å². The van der Waals surface area contributed by atoms with Crippen LogP contribution >= 0.6 is 34.5 Å². The topological polar surface area (TPSA) is 66.5 Å². The fourth-order valence-corrected chi connectivity index (χ4v) is 5.85. The van der Waals surface area contributed by atoms with Crippen LogP contribution in [0.3, 0.4) is 0 Å². The van der Waals surface area contributed by atoms with E-state index in [0.717, 1.165) is 24.2 Å². The molecule has 1 fully saturated rings. The Kier molecular flexibility index (Phi) is 5.70. The molecule has 0 saturated carbocycles. The van der Waals surface area contributed by atoms with E-state index in [1.807, 2.05) is 0 Å². The molecule has 0 bridgehead atoms. The van der Waals surface area contributed by atoms with E-state index >= 15 is 0 Å². The van der Waals surface area contributed by atoms with E-state index in [-0.39, 0.29) is 10.1 Å². The van der Waals surface area contributed by atoms with E-state index in [9.17, 15) is 13.2 Å². The number of benzene rings is 1. The molecule has 1 aliphatic rings. The molecule has 0 aliphatic carbocycles. The quantitative estimate of drug-likeness (QED) is 0.806. The summed E-state index contributed by atoms with van der Waals surface area (Å²) in [6.45, 7) is 0.333. The number of sulfonamides is 1. The molecule has 1 aromatic carbocycles. The molecule has 1 aromatic heterocycles. The van der Waals surface area contributed by atoms with Gasteiger partial charge in [-0.1, -0.05) is 35.7 Å². The molecule has 9 heteroatoms. The molecule has 1 atom stereocenters. The van der Waals surface area contributed by atoms with E-state index in [0.29, 0.717) is 28.7 Å². The molecule has 1 unspecified atom stereocenters. The predicted molar refractivity (Wildman–Crippen MR) is 101 cm³/mol. The number of nitrogens with zero attached hydrogens (tertiary/aromatic N) is 1. The summed E-state index contributed by atoms with van der Waals surface area (Å²) < 4.78 is 27.2. The molecule has 1 N–H and O–H groups in total. The Hall–Kier alpha value is -1.12. The third-order valence-corrected chi connectivity index (χ3v) is 8.02. The standard InChI is InChI=1S/C16H16Cl2N2O3S2/c17-12-7-6-11(10-13(12)18)19-16(21)14-4-1-2-8-20(14)25(22,23)15-5-3-9-24-15/h3,5-7,9-10,14H,1-2,4,8H2,(H,19,21). The normalized spacial score (nSPS) is 18.9. The first kappa shape index (κ1) is 18.7. The van der Waals surface area contributed by atoms with Gasteiger partial charge < -0.3 is 5.32 Å². The minimum atomic E-state index is -3.68. The number of anilines is 1. The summed E-state index contributed by atoms with van der Waals surface area (Å²) in [6, 6.07) is 7.26. The number of halogens is 2. The number of thiophene rings is 1. The Labute approximate surface area is 160 Å². The van der Waals surface area contributed by atoms with Gasteiger partial charge in [0.2, 0.25) is 5.91 Å². The number of rotatable bonds is 4. The Morgan fingerprint density at radius 2 is 2.00 bits per heavy atom. The zero-order valence-corrected chi connectivity index (χ0v) is 16.3. The van der Waals surface area contributed by atoms with Gasteiger partial charge in [0, 0.05) is 12.2 Å². The van der Waals surface area contributed by atoms with Gasteiger partial charge in [-0.3, -0.25) is 4.79 Å². The van der Waals surface area contributed by atoms with Crippen LogP contribution in [0.2, 0.25) is 10.0 Å². The fraction of sp³-hybridized carbons (Fsp3) is 0.312. The molecule has 25 heavy (non-hydrogen) atoms. The minimum absolute atomic E-state index is 0.252. The summed E-state index contributed by atoms with van der Waals surface area (Å²) in [4.78, 5) is 12.7. The molecule has 3 rings (SSSR count). The van der Waals surface area contributed by atoms with E-state index < -0.39 is 16.1 Å². The highest BCUT2D eigenvalue weighted by molar-refractivity contribution is 7.91. The van der Waals surface area contributed by atoms with Crippen LogP contribution in [0, 0.1) is 0 Å². The van der Waals surface area contributed by atoms with Gasteiger partial charge in [0.05, 0.1) is 10.0 Å². The van der Waals surface area contributed by atoms with E-state index in [1.165, 1.54) is 4.31 Å². The Bertz CT molecular complexity index is 870. The average Bonchev–Trinajstić information content (AvgIpc) is 3.13. The maximum Gasteiger partial charge on any atom is 0.253 e. The Morgan fingerprint density at radius 1 is 1.20 bits per heavy atom. The van der Waals surface area contributed by atoms with Crippen LogP contribution < -0.4 is 5.32 Å². The lowest BCUT2D eigenvalue weighted by Crippen LogP contribution is -2.49. The molecule has 1 saturated heterocycles. The Balaban J connectivity index is 1.83. The van der Waals surface area contributed by atoms with Crippen LogP contribution in [0.15, 0.2) is 39.9 Å². The van der Waals surface area contributed by atoms with Gasteiger partial charge in [-0.25, -0.2) is 8.42 Å². The number of carbonyl (C=O) groups is 1. The van der Waals surface area contributed by atoms with Gasteiger partial charge in [-0.15, -0.1) is 11.3 Å². The summed E-state index contributed by atoms with van der Waals surface area (Å²) in [7, 11) is -3.68. The number of carbonyl (C=O) groups excluding carboxylic acids is 1. The minimum Gasteiger partial charge on any atom is -0.325 e. The highest BCUT2D eigenvalue weighted by Gasteiger charge is 2.38. The second-order valence-corrected chi connectivity index (χ2v) is 9.56. The molecule has 2 heterocycles. The summed E-state index contributed by atoms with van der Waals surface area (Å²) in [5.41, 5.74) is 0.485. The third-order valence-electron chi connectivity index (χ3n) is 4.00. The van der Waals surface area contributed by atoms with Crippen molar-refractivity contribution < 1.29 is 13.2 Å². The van der Waals surface area contributed by atoms with Gasteiger partial charge in [0.15, 0.2) is 0 Å². The molecule has 5 nitrogen and oxygen atoms in total. The van der Waals surface area contributed by atoms with Crippen molar-refractivity contribution >= 4 is 56.2 Å². The third kappa shape index (κ3) is 4.01. The molecule has 134 valence electrons. The van der Waals surface area contributed by atoms with Crippen LogP contribution in [0.5, 0.6) is 0 Å². The molecule has 0 radical (unpaired) electrons. The van der Waals surface area contributed by atoms with Crippen LogP contribution in [0.4, 0.5) is 5.69 Å². The fourth-order valence-electron chi connectivity index (χ4n) is 2.78. The van der Waals surface area contributed by atoms with Crippen molar-refractivity contribution in [3.63, 3.8) is 0 Å². The summed E-state index contributed by atoms with van der Waals surface area (Å²) in [5, 5.41) is 5.17. The second kappa shape index (κ2) is 7.63. The first-order valence-electron chi connectivity index (χ1n) is 7.71. The van der Waals surface area contributed by atoms with E-state index in [2.05, 4.69) is 5.32 Å². The monoisotopic (exact) mass is 418 g/mol. The maximum absolute atomic E-state index is 12.8. The molecule has 1 amide bonds. The van der Waals surface area contributed by atoms with Crippen molar-refractivity contribution in [3.8, 4) is 0 Å². The highest BCUT2D eigenvalue weighted by Crippen LogP contribution is 2.29. The van der Waals surface area contributed by atoms with Crippen LogP contribution in [0.1, 0.15) is 19.3 Å². The summed E-state index contributed by atoms with van der Waals surface area (Å²) >= 11 is 13.0. The van der Waals surface area contributed by atoms with Gasteiger partial charge >= 0.3 is 0 Å². The lowest BCUT2D eigenvalue weighted by molar-refractivity contribution is -0.120.